The van der Waals surface area contributed by atoms with Gasteiger partial charge in [-0.25, -0.2) is 4.98 Å². The van der Waals surface area contributed by atoms with E-state index in [0.717, 1.165) is 31.8 Å². The van der Waals surface area contributed by atoms with Gasteiger partial charge in [-0.15, -0.1) is 0 Å². The molecule has 1 heterocycles. The van der Waals surface area contributed by atoms with Gasteiger partial charge in [0, 0.05) is 25.4 Å². The fourth-order valence-corrected chi connectivity index (χ4v) is 2.83. The molecule has 0 aliphatic heterocycles. The number of hydrogen-bond acceptors (Lipinski definition) is 2. The van der Waals surface area contributed by atoms with Crippen molar-refractivity contribution in [3.8, 4) is 0 Å². The zero-order chi connectivity index (χ0) is 15.2. The zero-order valence-electron chi connectivity index (χ0n) is 13.7. The number of nitrogens with zero attached hydrogens (tertiary/aromatic N) is 2. The minimum absolute atomic E-state index is 0.338. The average molecular weight is 285 g/mol. The van der Waals surface area contributed by atoms with Crippen molar-refractivity contribution in [3.63, 3.8) is 0 Å². The summed E-state index contributed by atoms with van der Waals surface area (Å²) in [5.74, 6) is 1.16. The molecule has 0 spiro atoms. The van der Waals surface area contributed by atoms with Crippen molar-refractivity contribution in [2.45, 2.75) is 53.1 Å². The molecule has 0 saturated heterocycles. The van der Waals surface area contributed by atoms with E-state index in [1.165, 1.54) is 16.7 Å². The molecular weight excluding hydrogens is 258 g/mol. The zero-order valence-corrected chi connectivity index (χ0v) is 13.7. The third-order valence-corrected chi connectivity index (χ3v) is 3.94. The van der Waals surface area contributed by atoms with Gasteiger partial charge < -0.3 is 9.88 Å². The van der Waals surface area contributed by atoms with Gasteiger partial charge in [0.2, 0.25) is 0 Å². The molecule has 21 heavy (non-hydrogen) atoms. The molecule has 3 nitrogen and oxygen atoms in total. The Kier molecular flexibility index (Phi) is 5.57. The van der Waals surface area contributed by atoms with Gasteiger partial charge in [0.1, 0.15) is 5.82 Å². The summed E-state index contributed by atoms with van der Waals surface area (Å²) in [6.07, 6.45) is 6.10. The maximum absolute atomic E-state index is 4.43. The van der Waals surface area contributed by atoms with E-state index >= 15 is 0 Å². The molecule has 0 radical (unpaired) electrons. The second-order valence-corrected chi connectivity index (χ2v) is 5.72. The highest BCUT2D eigenvalue weighted by atomic mass is 15.1. The molecule has 1 N–H and O–H groups in total. The van der Waals surface area contributed by atoms with Crippen molar-refractivity contribution in [3.05, 3.63) is 53.1 Å². The SMILES string of the molecule is CCCNC(Cn1ccnc1CC)c1ccc(C)cc1C. The van der Waals surface area contributed by atoms with Gasteiger partial charge in [0.15, 0.2) is 0 Å². The van der Waals surface area contributed by atoms with Gasteiger partial charge in [-0.3, -0.25) is 0 Å². The van der Waals surface area contributed by atoms with Crippen LogP contribution in [0.1, 0.15) is 48.8 Å². The Balaban J connectivity index is 2.25. The van der Waals surface area contributed by atoms with E-state index in [4.69, 9.17) is 0 Å². The molecule has 1 unspecified atom stereocenters. The molecular formula is C18H27N3. The van der Waals surface area contributed by atoms with Gasteiger partial charge >= 0.3 is 0 Å². The van der Waals surface area contributed by atoms with Crippen LogP contribution in [-0.2, 0) is 13.0 Å². The summed E-state index contributed by atoms with van der Waals surface area (Å²) in [7, 11) is 0. The third-order valence-electron chi connectivity index (χ3n) is 3.94. The summed E-state index contributed by atoms with van der Waals surface area (Å²) in [6, 6.07) is 7.08. The molecule has 3 heteroatoms. The fraction of sp³-hybridized carbons (Fsp3) is 0.500. The van der Waals surface area contributed by atoms with E-state index in [-0.39, 0.29) is 0 Å². The molecule has 2 aromatic rings. The van der Waals surface area contributed by atoms with E-state index in [0.29, 0.717) is 6.04 Å². The molecule has 0 saturated carbocycles. The Bertz CT molecular complexity index is 572. The van der Waals surface area contributed by atoms with Crippen LogP contribution in [0.5, 0.6) is 0 Å². The Labute approximate surface area is 128 Å². The van der Waals surface area contributed by atoms with Gasteiger partial charge in [0.25, 0.3) is 0 Å². The predicted molar refractivity (Wildman–Crippen MR) is 88.6 cm³/mol. The Morgan fingerprint density at radius 1 is 1.24 bits per heavy atom. The first-order valence-corrected chi connectivity index (χ1v) is 7.96. The lowest BCUT2D eigenvalue weighted by molar-refractivity contribution is 0.453. The summed E-state index contributed by atoms with van der Waals surface area (Å²) in [4.78, 5) is 4.43. The third kappa shape index (κ3) is 3.94. The first-order valence-electron chi connectivity index (χ1n) is 7.96. The highest BCUT2D eigenvalue weighted by molar-refractivity contribution is 5.32. The van der Waals surface area contributed by atoms with Gasteiger partial charge in [-0.2, -0.15) is 0 Å². The van der Waals surface area contributed by atoms with Crippen LogP contribution in [0.3, 0.4) is 0 Å². The number of imidazole rings is 1. The number of benzene rings is 1. The molecule has 2 rings (SSSR count). The number of aryl methyl sites for hydroxylation is 3. The molecule has 0 fully saturated rings. The maximum Gasteiger partial charge on any atom is 0.108 e. The number of hydrogen-bond donors (Lipinski definition) is 1. The fourth-order valence-electron chi connectivity index (χ4n) is 2.83. The van der Waals surface area contributed by atoms with E-state index < -0.39 is 0 Å². The van der Waals surface area contributed by atoms with Crippen molar-refractivity contribution in [1.82, 2.24) is 14.9 Å². The molecule has 1 atom stereocenters. The Morgan fingerprint density at radius 3 is 2.71 bits per heavy atom. The molecule has 1 aromatic carbocycles. The topological polar surface area (TPSA) is 29.9 Å². The summed E-state index contributed by atoms with van der Waals surface area (Å²) in [5.41, 5.74) is 4.08. The smallest absolute Gasteiger partial charge is 0.108 e. The van der Waals surface area contributed by atoms with Gasteiger partial charge in [0.05, 0.1) is 6.04 Å². The molecule has 0 aliphatic rings. The second kappa shape index (κ2) is 7.41. The predicted octanol–water partition coefficient (Wildman–Crippen LogP) is 3.80. The molecule has 0 aliphatic carbocycles. The highest BCUT2D eigenvalue weighted by Gasteiger charge is 2.15. The van der Waals surface area contributed by atoms with E-state index in [2.05, 4.69) is 67.0 Å². The minimum Gasteiger partial charge on any atom is -0.333 e. The van der Waals surface area contributed by atoms with E-state index in [9.17, 15) is 0 Å². The minimum atomic E-state index is 0.338. The van der Waals surface area contributed by atoms with Crippen molar-refractivity contribution >= 4 is 0 Å². The molecule has 0 amide bonds. The molecule has 1 aromatic heterocycles. The summed E-state index contributed by atoms with van der Waals surface area (Å²) in [6.45, 7) is 10.7. The number of aromatic nitrogens is 2. The van der Waals surface area contributed by atoms with Crippen LogP contribution in [0.15, 0.2) is 30.6 Å². The van der Waals surface area contributed by atoms with Crippen molar-refractivity contribution in [2.75, 3.05) is 6.54 Å². The largest absolute Gasteiger partial charge is 0.333 e. The van der Waals surface area contributed by atoms with Crippen LogP contribution in [0.25, 0.3) is 0 Å². The average Bonchev–Trinajstić information content (AvgIpc) is 2.91. The molecule has 0 bridgehead atoms. The number of nitrogens with one attached hydrogen (secondary N) is 1. The van der Waals surface area contributed by atoms with Gasteiger partial charge in [-0.05, 0) is 37.9 Å². The number of rotatable bonds is 7. The monoisotopic (exact) mass is 285 g/mol. The summed E-state index contributed by atoms with van der Waals surface area (Å²) in [5, 5.41) is 3.69. The van der Waals surface area contributed by atoms with E-state index in [1.807, 2.05) is 6.20 Å². The second-order valence-electron chi connectivity index (χ2n) is 5.72. The van der Waals surface area contributed by atoms with Crippen molar-refractivity contribution < 1.29 is 0 Å². The van der Waals surface area contributed by atoms with Crippen LogP contribution in [0, 0.1) is 13.8 Å². The van der Waals surface area contributed by atoms with Crippen molar-refractivity contribution in [1.29, 1.82) is 0 Å². The van der Waals surface area contributed by atoms with Crippen molar-refractivity contribution in [2.24, 2.45) is 0 Å². The summed E-state index contributed by atoms with van der Waals surface area (Å²) >= 11 is 0. The first-order chi connectivity index (χ1) is 10.2. The highest BCUT2D eigenvalue weighted by Crippen LogP contribution is 2.21. The van der Waals surface area contributed by atoms with Crippen LogP contribution >= 0.6 is 0 Å². The molecule has 114 valence electrons. The maximum atomic E-state index is 4.43. The van der Waals surface area contributed by atoms with Crippen LogP contribution < -0.4 is 5.32 Å². The summed E-state index contributed by atoms with van der Waals surface area (Å²) < 4.78 is 2.27. The Morgan fingerprint density at radius 2 is 2.05 bits per heavy atom. The van der Waals surface area contributed by atoms with E-state index in [1.54, 1.807) is 0 Å². The standard InChI is InChI=1S/C18H27N3/c1-5-9-19-17(13-21-11-10-20-18(21)6-2)16-8-7-14(3)12-15(16)4/h7-8,10-12,17,19H,5-6,9,13H2,1-4H3. The normalized spacial score (nSPS) is 12.6. The lowest BCUT2D eigenvalue weighted by Gasteiger charge is -2.22. The lowest BCUT2D eigenvalue weighted by atomic mass is 9.99. The first kappa shape index (κ1) is 15.8. The van der Waals surface area contributed by atoms with Crippen LogP contribution in [0.4, 0.5) is 0 Å². The quantitative estimate of drug-likeness (QED) is 0.838. The van der Waals surface area contributed by atoms with Gasteiger partial charge in [-0.1, -0.05) is 37.6 Å². The van der Waals surface area contributed by atoms with Crippen LogP contribution in [-0.4, -0.2) is 16.1 Å². The Hall–Kier alpha value is -1.61. The lowest BCUT2D eigenvalue weighted by Crippen LogP contribution is -2.27. The van der Waals surface area contributed by atoms with Crippen LogP contribution in [0.2, 0.25) is 0 Å².